The van der Waals surface area contributed by atoms with Crippen molar-refractivity contribution < 1.29 is 32.1 Å². The number of amides is 1. The van der Waals surface area contributed by atoms with E-state index in [-0.39, 0.29) is 24.4 Å². The lowest BCUT2D eigenvalue weighted by molar-refractivity contribution is -0.159. The van der Waals surface area contributed by atoms with Crippen LogP contribution in [0.3, 0.4) is 0 Å². The fraction of sp³-hybridized carbons (Fsp3) is 0.412. The van der Waals surface area contributed by atoms with Crippen molar-refractivity contribution in [3.8, 4) is 17.1 Å². The Morgan fingerprint density at radius 2 is 2.14 bits per heavy atom. The highest BCUT2D eigenvalue weighted by Gasteiger charge is 2.38. The molecule has 0 radical (unpaired) electrons. The number of carbonyl (C=O) groups is 1. The lowest BCUT2D eigenvalue weighted by atomic mass is 10.1. The van der Waals surface area contributed by atoms with Crippen molar-refractivity contribution >= 4 is 11.6 Å². The molecule has 11 heteroatoms. The second-order valence-electron chi connectivity index (χ2n) is 6.25. The van der Waals surface area contributed by atoms with Crippen molar-refractivity contribution in [3.63, 3.8) is 0 Å². The van der Waals surface area contributed by atoms with Crippen LogP contribution >= 0.6 is 0 Å². The molecule has 0 N–H and O–H groups in total. The van der Waals surface area contributed by atoms with Gasteiger partial charge in [-0.15, -0.1) is 0 Å². The molecule has 1 unspecified atom stereocenters. The van der Waals surface area contributed by atoms with Gasteiger partial charge in [0.15, 0.2) is 0 Å². The molecule has 2 heterocycles. The monoisotopic (exact) mass is 398 g/mol. The largest absolute Gasteiger partial charge is 0.493 e. The molecule has 1 aliphatic heterocycles. The lowest BCUT2D eigenvalue weighted by Crippen LogP contribution is -2.29. The van der Waals surface area contributed by atoms with E-state index in [1.54, 1.807) is 32.3 Å². The van der Waals surface area contributed by atoms with Gasteiger partial charge in [-0.2, -0.15) is 18.2 Å². The highest BCUT2D eigenvalue weighted by molar-refractivity contribution is 6.38. The zero-order valence-electron chi connectivity index (χ0n) is 15.1. The minimum atomic E-state index is -4.70. The van der Waals surface area contributed by atoms with Crippen LogP contribution in [0.1, 0.15) is 18.7 Å². The Labute approximate surface area is 157 Å². The van der Waals surface area contributed by atoms with Crippen molar-refractivity contribution in [2.45, 2.75) is 25.1 Å². The molecule has 0 saturated carbocycles. The summed E-state index contributed by atoms with van der Waals surface area (Å²) in [5, 5.41) is 7.13. The first-order valence-electron chi connectivity index (χ1n) is 8.32. The molecule has 1 atom stereocenters. The van der Waals surface area contributed by atoms with E-state index in [2.05, 4.69) is 19.8 Å². The predicted molar refractivity (Wildman–Crippen MR) is 90.5 cm³/mol. The number of alkyl halides is 3. The Morgan fingerprint density at radius 1 is 1.36 bits per heavy atom. The third-order valence-electron chi connectivity index (χ3n) is 3.86. The van der Waals surface area contributed by atoms with Gasteiger partial charge in [0.2, 0.25) is 5.82 Å². The molecule has 0 fully saturated rings. The Kier molecular flexibility index (Phi) is 5.52. The van der Waals surface area contributed by atoms with Gasteiger partial charge in [0.05, 0.1) is 6.61 Å². The third kappa shape index (κ3) is 4.59. The first-order valence-corrected chi connectivity index (χ1v) is 8.32. The summed E-state index contributed by atoms with van der Waals surface area (Å²) in [6.45, 7) is 0.271. The minimum Gasteiger partial charge on any atom is -0.493 e. The molecule has 0 bridgehead atoms. The van der Waals surface area contributed by atoms with Gasteiger partial charge in [-0.05, 0) is 12.1 Å². The van der Waals surface area contributed by atoms with Gasteiger partial charge in [-0.1, -0.05) is 22.4 Å². The second-order valence-corrected chi connectivity index (χ2v) is 6.25. The first kappa shape index (κ1) is 19.6. The van der Waals surface area contributed by atoms with Gasteiger partial charge in [0.1, 0.15) is 17.6 Å². The zero-order valence-corrected chi connectivity index (χ0v) is 15.1. The van der Waals surface area contributed by atoms with Crippen molar-refractivity contribution in [1.29, 1.82) is 0 Å². The molecule has 3 rings (SSSR count). The van der Waals surface area contributed by atoms with E-state index >= 15 is 0 Å². The standard InChI is InChI=1S/C17H17F3N4O4/c1-24(2)15(25)13-9-12(27-22-13)6-7-26-11-5-3-4-10(8-11)14-21-16(28-23-14)17(18,19)20/h3-5,8,12H,6-7,9H2,1-2H3. The van der Waals surface area contributed by atoms with E-state index in [1.165, 1.54) is 11.0 Å². The highest BCUT2D eigenvalue weighted by atomic mass is 19.4. The summed E-state index contributed by atoms with van der Waals surface area (Å²) in [6.07, 6.45) is -4.09. The zero-order chi connectivity index (χ0) is 20.3. The van der Waals surface area contributed by atoms with Crippen molar-refractivity contribution in [2.75, 3.05) is 20.7 Å². The molecule has 8 nitrogen and oxygen atoms in total. The van der Waals surface area contributed by atoms with Crippen molar-refractivity contribution in [1.82, 2.24) is 15.0 Å². The van der Waals surface area contributed by atoms with Crippen LogP contribution in [0.25, 0.3) is 11.4 Å². The summed E-state index contributed by atoms with van der Waals surface area (Å²) >= 11 is 0. The Morgan fingerprint density at radius 3 is 2.82 bits per heavy atom. The van der Waals surface area contributed by atoms with Gasteiger partial charge < -0.3 is 19.0 Å². The number of benzene rings is 1. The fourth-order valence-electron chi connectivity index (χ4n) is 2.46. The smallest absolute Gasteiger partial charge is 0.471 e. The summed E-state index contributed by atoms with van der Waals surface area (Å²) in [6, 6.07) is 6.32. The average Bonchev–Trinajstić information content (AvgIpc) is 3.31. The molecule has 1 aromatic heterocycles. The molecule has 2 aromatic rings. The number of nitrogens with zero attached hydrogens (tertiary/aromatic N) is 4. The number of rotatable bonds is 6. The number of oxime groups is 1. The Hall–Kier alpha value is -3.11. The molecule has 1 aliphatic rings. The van der Waals surface area contributed by atoms with E-state index < -0.39 is 12.1 Å². The number of hydrogen-bond acceptors (Lipinski definition) is 7. The minimum absolute atomic E-state index is 0.183. The molecule has 0 spiro atoms. The number of carbonyl (C=O) groups excluding carboxylic acids is 1. The van der Waals surface area contributed by atoms with E-state index in [0.29, 0.717) is 29.9 Å². The first-order chi connectivity index (χ1) is 13.2. The molecule has 0 aliphatic carbocycles. The molecular formula is C17H17F3N4O4. The SMILES string of the molecule is CN(C)C(=O)C1=NOC(CCOc2cccc(-c3noc(C(F)(F)F)n3)c2)C1. The van der Waals surface area contributed by atoms with Gasteiger partial charge in [-0.25, -0.2) is 0 Å². The maximum Gasteiger partial charge on any atom is 0.471 e. The summed E-state index contributed by atoms with van der Waals surface area (Å²) in [5.41, 5.74) is 0.686. The molecule has 0 saturated heterocycles. The van der Waals surface area contributed by atoms with Gasteiger partial charge in [0, 0.05) is 32.5 Å². The summed E-state index contributed by atoms with van der Waals surface area (Å²) in [5.74, 6) is -1.36. The van der Waals surface area contributed by atoms with Gasteiger partial charge in [0.25, 0.3) is 5.91 Å². The van der Waals surface area contributed by atoms with Crippen LogP contribution in [0.2, 0.25) is 0 Å². The fourth-order valence-corrected chi connectivity index (χ4v) is 2.46. The van der Waals surface area contributed by atoms with Crippen molar-refractivity contribution in [3.05, 3.63) is 30.2 Å². The van der Waals surface area contributed by atoms with E-state index in [1.807, 2.05) is 0 Å². The van der Waals surface area contributed by atoms with Crippen LogP contribution < -0.4 is 4.74 Å². The summed E-state index contributed by atoms with van der Waals surface area (Å²) in [7, 11) is 3.27. The number of hydrogen-bond donors (Lipinski definition) is 0. The Bertz CT molecular complexity index is 879. The summed E-state index contributed by atoms with van der Waals surface area (Å²) in [4.78, 5) is 21.8. The Balaban J connectivity index is 1.53. The highest BCUT2D eigenvalue weighted by Crippen LogP contribution is 2.30. The normalized spacial score (nSPS) is 16.5. The van der Waals surface area contributed by atoms with E-state index in [4.69, 9.17) is 9.57 Å². The van der Waals surface area contributed by atoms with Crippen LogP contribution in [0.4, 0.5) is 13.2 Å². The van der Waals surface area contributed by atoms with E-state index in [0.717, 1.165) is 0 Å². The van der Waals surface area contributed by atoms with Gasteiger partial charge in [-0.3, -0.25) is 4.79 Å². The number of aromatic nitrogens is 2. The maximum atomic E-state index is 12.6. The topological polar surface area (TPSA) is 90.1 Å². The van der Waals surface area contributed by atoms with Crippen LogP contribution in [0, 0.1) is 0 Å². The maximum absolute atomic E-state index is 12.6. The second kappa shape index (κ2) is 7.87. The summed E-state index contributed by atoms with van der Waals surface area (Å²) < 4.78 is 47.5. The van der Waals surface area contributed by atoms with Crippen molar-refractivity contribution in [2.24, 2.45) is 5.16 Å². The average molecular weight is 398 g/mol. The molecule has 1 amide bonds. The number of ether oxygens (including phenoxy) is 1. The van der Waals surface area contributed by atoms with Crippen LogP contribution in [0.5, 0.6) is 5.75 Å². The lowest BCUT2D eigenvalue weighted by Gasteiger charge is -2.11. The molecule has 28 heavy (non-hydrogen) atoms. The molecule has 150 valence electrons. The molecule has 1 aromatic carbocycles. The van der Waals surface area contributed by atoms with Gasteiger partial charge >= 0.3 is 12.1 Å². The van der Waals surface area contributed by atoms with E-state index in [9.17, 15) is 18.0 Å². The number of halogens is 3. The van der Waals surface area contributed by atoms with Crippen LogP contribution in [0.15, 0.2) is 33.9 Å². The quantitative estimate of drug-likeness (QED) is 0.743. The molecular weight excluding hydrogens is 381 g/mol. The van der Waals surface area contributed by atoms with Crippen LogP contribution in [-0.4, -0.2) is 53.5 Å². The predicted octanol–water partition coefficient (Wildman–Crippen LogP) is 2.76. The third-order valence-corrected chi connectivity index (χ3v) is 3.86. The van der Waals surface area contributed by atoms with Crippen LogP contribution in [-0.2, 0) is 15.8 Å².